The number of aliphatic hydroxyl groups is 1. The van der Waals surface area contributed by atoms with E-state index in [0.717, 1.165) is 0 Å². The molecule has 0 saturated carbocycles. The van der Waals surface area contributed by atoms with Crippen LogP contribution in [-0.4, -0.2) is 29.9 Å². The summed E-state index contributed by atoms with van der Waals surface area (Å²) < 4.78 is 19.2. The molecule has 3 N–H and O–H groups in total. The summed E-state index contributed by atoms with van der Waals surface area (Å²) in [7, 11) is 0. The predicted octanol–water partition coefficient (Wildman–Crippen LogP) is 3.14. The zero-order chi connectivity index (χ0) is 16.9. The minimum absolute atomic E-state index is 0.0545. The highest BCUT2D eigenvalue weighted by molar-refractivity contribution is 5.89. The van der Waals surface area contributed by atoms with Crippen LogP contribution in [0.5, 0.6) is 5.75 Å². The van der Waals surface area contributed by atoms with E-state index in [9.17, 15) is 14.3 Å². The van der Waals surface area contributed by atoms with Gasteiger partial charge in [0.1, 0.15) is 11.6 Å². The monoisotopic (exact) mass is 312 g/mol. The highest BCUT2D eigenvalue weighted by atomic mass is 19.1. The van der Waals surface area contributed by atoms with Gasteiger partial charge in [-0.2, -0.15) is 0 Å². The number of hydrogen-bond donors (Lipinski definition) is 3. The summed E-state index contributed by atoms with van der Waals surface area (Å²) in [6.07, 6.45) is -0.745. The van der Waals surface area contributed by atoms with Gasteiger partial charge in [-0.3, -0.25) is 0 Å². The normalized spacial score (nSPS) is 12.9. The highest BCUT2D eigenvalue weighted by Gasteiger charge is 2.22. The van der Waals surface area contributed by atoms with Gasteiger partial charge in [-0.05, 0) is 31.4 Å². The molecular weight excluding hydrogens is 287 g/mol. The average molecular weight is 312 g/mol. The molecule has 0 saturated heterocycles. The number of carbonyl (C=O) groups is 1. The first kappa shape index (κ1) is 18.2. The van der Waals surface area contributed by atoms with Gasteiger partial charge in [0.2, 0.25) is 0 Å². The molecule has 6 heteroatoms. The zero-order valence-corrected chi connectivity index (χ0v) is 13.7. The average Bonchev–Trinajstić information content (AvgIpc) is 2.37. The van der Waals surface area contributed by atoms with Crippen LogP contribution in [0.15, 0.2) is 18.2 Å². The smallest absolute Gasteiger partial charge is 0.319 e. The standard InChI is InChI=1S/C16H25FN2O3/c1-10(2)22-11-6-7-13(12(17)8-11)19-15(21)18-9-14(20)16(3,4)5/h6-8,10,14,20H,9H2,1-5H3,(H2,18,19,21). The van der Waals surface area contributed by atoms with Gasteiger partial charge in [0.15, 0.2) is 0 Å². The molecule has 0 spiro atoms. The molecule has 0 aromatic heterocycles. The van der Waals surface area contributed by atoms with Crippen molar-refractivity contribution in [2.45, 2.75) is 46.8 Å². The fourth-order valence-electron chi connectivity index (χ4n) is 1.60. The van der Waals surface area contributed by atoms with Gasteiger partial charge in [0, 0.05) is 12.6 Å². The lowest BCUT2D eigenvalue weighted by molar-refractivity contribution is 0.0654. The Bertz CT molecular complexity index is 513. The van der Waals surface area contributed by atoms with E-state index in [4.69, 9.17) is 4.74 Å². The minimum Gasteiger partial charge on any atom is -0.491 e. The van der Waals surface area contributed by atoms with Gasteiger partial charge >= 0.3 is 6.03 Å². The summed E-state index contributed by atoms with van der Waals surface area (Å²) in [5, 5.41) is 14.8. The molecule has 124 valence electrons. The summed E-state index contributed by atoms with van der Waals surface area (Å²) in [6.45, 7) is 9.38. The maximum Gasteiger partial charge on any atom is 0.319 e. The molecule has 1 rings (SSSR count). The number of carbonyl (C=O) groups excluding carboxylic acids is 1. The first-order chi connectivity index (χ1) is 10.1. The number of urea groups is 1. The van der Waals surface area contributed by atoms with Crippen LogP contribution in [0.1, 0.15) is 34.6 Å². The van der Waals surface area contributed by atoms with E-state index < -0.39 is 18.0 Å². The molecule has 0 radical (unpaired) electrons. The number of nitrogens with one attached hydrogen (secondary N) is 2. The summed E-state index contributed by atoms with van der Waals surface area (Å²) in [4.78, 5) is 11.7. The van der Waals surface area contributed by atoms with Crippen molar-refractivity contribution < 1.29 is 19.0 Å². The van der Waals surface area contributed by atoms with Gasteiger partial charge in [-0.25, -0.2) is 9.18 Å². The lowest BCUT2D eigenvalue weighted by Gasteiger charge is -2.25. The second-order valence-corrected chi connectivity index (χ2v) is 6.53. The van der Waals surface area contributed by atoms with Crippen LogP contribution < -0.4 is 15.4 Å². The predicted molar refractivity (Wildman–Crippen MR) is 84.6 cm³/mol. The number of benzene rings is 1. The fourth-order valence-corrected chi connectivity index (χ4v) is 1.60. The third-order valence-electron chi connectivity index (χ3n) is 3.02. The number of anilines is 1. The van der Waals surface area contributed by atoms with Crippen molar-refractivity contribution in [3.8, 4) is 5.75 Å². The number of halogens is 1. The molecule has 1 aromatic rings. The van der Waals surface area contributed by atoms with Gasteiger partial charge in [-0.15, -0.1) is 0 Å². The fraction of sp³-hybridized carbons (Fsp3) is 0.562. The van der Waals surface area contributed by atoms with E-state index in [-0.39, 0.29) is 23.8 Å². The lowest BCUT2D eigenvalue weighted by Crippen LogP contribution is -2.41. The molecular formula is C16H25FN2O3. The van der Waals surface area contributed by atoms with Crippen molar-refractivity contribution >= 4 is 11.7 Å². The van der Waals surface area contributed by atoms with Crippen molar-refractivity contribution in [3.05, 3.63) is 24.0 Å². The molecule has 1 aromatic carbocycles. The Hall–Kier alpha value is -1.82. The molecule has 0 bridgehead atoms. The van der Waals surface area contributed by atoms with E-state index in [1.54, 1.807) is 6.07 Å². The van der Waals surface area contributed by atoms with Crippen LogP contribution in [-0.2, 0) is 0 Å². The summed E-state index contributed by atoms with van der Waals surface area (Å²) >= 11 is 0. The molecule has 5 nitrogen and oxygen atoms in total. The van der Waals surface area contributed by atoms with Crippen molar-refractivity contribution in [3.63, 3.8) is 0 Å². The number of hydrogen-bond acceptors (Lipinski definition) is 3. The van der Waals surface area contributed by atoms with Crippen molar-refractivity contribution in [2.75, 3.05) is 11.9 Å². The summed E-state index contributed by atoms with van der Waals surface area (Å²) in [6, 6.07) is 3.68. The number of amides is 2. The molecule has 0 fully saturated rings. The second-order valence-electron chi connectivity index (χ2n) is 6.53. The Balaban J connectivity index is 2.58. The highest BCUT2D eigenvalue weighted by Crippen LogP contribution is 2.21. The van der Waals surface area contributed by atoms with Gasteiger partial charge < -0.3 is 20.5 Å². The van der Waals surface area contributed by atoms with Crippen molar-refractivity contribution in [1.29, 1.82) is 0 Å². The van der Waals surface area contributed by atoms with Crippen LogP contribution in [0.25, 0.3) is 0 Å². The van der Waals surface area contributed by atoms with Crippen molar-refractivity contribution in [2.24, 2.45) is 5.41 Å². The van der Waals surface area contributed by atoms with Gasteiger partial charge in [0.25, 0.3) is 0 Å². The Morgan fingerprint density at radius 3 is 2.50 bits per heavy atom. The number of ether oxygens (including phenoxy) is 1. The number of aliphatic hydroxyl groups excluding tert-OH is 1. The lowest BCUT2D eigenvalue weighted by atomic mass is 9.89. The minimum atomic E-state index is -0.690. The van der Waals surface area contributed by atoms with Gasteiger partial charge in [0.05, 0.1) is 17.9 Å². The van der Waals surface area contributed by atoms with Crippen LogP contribution in [0.2, 0.25) is 0 Å². The maximum atomic E-state index is 13.9. The molecule has 0 aliphatic rings. The molecule has 0 heterocycles. The quantitative estimate of drug-likeness (QED) is 0.782. The molecule has 22 heavy (non-hydrogen) atoms. The number of rotatable bonds is 5. The Morgan fingerprint density at radius 2 is 2.00 bits per heavy atom. The SMILES string of the molecule is CC(C)Oc1ccc(NC(=O)NCC(O)C(C)(C)C)c(F)c1. The summed E-state index contributed by atoms with van der Waals surface area (Å²) in [5.41, 5.74) is -0.284. The topological polar surface area (TPSA) is 70.6 Å². The molecule has 0 aliphatic carbocycles. The van der Waals surface area contributed by atoms with Crippen LogP contribution >= 0.6 is 0 Å². The molecule has 1 unspecified atom stereocenters. The Kier molecular flexibility index (Phi) is 6.17. The van der Waals surface area contributed by atoms with Crippen LogP contribution in [0.4, 0.5) is 14.9 Å². The van der Waals surface area contributed by atoms with E-state index in [1.165, 1.54) is 12.1 Å². The Morgan fingerprint density at radius 1 is 1.36 bits per heavy atom. The Labute approximate surface area is 130 Å². The largest absolute Gasteiger partial charge is 0.491 e. The van der Waals surface area contributed by atoms with E-state index in [0.29, 0.717) is 5.75 Å². The third kappa shape index (κ3) is 5.89. The van der Waals surface area contributed by atoms with Crippen LogP contribution in [0, 0.1) is 11.2 Å². The third-order valence-corrected chi connectivity index (χ3v) is 3.02. The van der Waals surface area contributed by atoms with Gasteiger partial charge in [-0.1, -0.05) is 20.8 Å². The molecule has 0 aliphatic heterocycles. The summed E-state index contributed by atoms with van der Waals surface area (Å²) in [5.74, 6) is -0.175. The van der Waals surface area contributed by atoms with Crippen molar-refractivity contribution in [1.82, 2.24) is 5.32 Å². The van der Waals surface area contributed by atoms with Crippen LogP contribution in [0.3, 0.4) is 0 Å². The second kappa shape index (κ2) is 7.45. The maximum absolute atomic E-state index is 13.9. The first-order valence-corrected chi connectivity index (χ1v) is 7.28. The first-order valence-electron chi connectivity index (χ1n) is 7.28. The molecule has 1 atom stereocenters. The van der Waals surface area contributed by atoms with E-state index >= 15 is 0 Å². The van der Waals surface area contributed by atoms with E-state index in [2.05, 4.69) is 10.6 Å². The molecule has 2 amide bonds. The van der Waals surface area contributed by atoms with E-state index in [1.807, 2.05) is 34.6 Å². The zero-order valence-electron chi connectivity index (χ0n) is 13.7.